The highest BCUT2D eigenvalue weighted by atomic mass is 16.3. The van der Waals surface area contributed by atoms with Crippen LogP contribution in [0.25, 0.3) is 5.57 Å². The van der Waals surface area contributed by atoms with Gasteiger partial charge in [-0.15, -0.1) is 0 Å². The number of carbonyl (C=O) groups excluding carboxylic acids is 1. The molecular weight excluding hydrogens is 330 g/mol. The van der Waals surface area contributed by atoms with Crippen LogP contribution in [0.1, 0.15) is 60.1 Å². The van der Waals surface area contributed by atoms with Crippen molar-refractivity contribution in [3.63, 3.8) is 0 Å². The first-order chi connectivity index (χ1) is 12.4. The van der Waals surface area contributed by atoms with Crippen molar-refractivity contribution in [2.45, 2.75) is 39.7 Å². The van der Waals surface area contributed by atoms with Crippen molar-refractivity contribution in [1.82, 2.24) is 15.3 Å². The van der Waals surface area contributed by atoms with Gasteiger partial charge >= 0.3 is 0 Å². The normalized spacial score (nSPS) is 15.4. The van der Waals surface area contributed by atoms with E-state index in [4.69, 9.17) is 15.1 Å². The number of aromatic amines is 1. The van der Waals surface area contributed by atoms with Crippen LogP contribution in [0.4, 0.5) is 0 Å². The molecule has 0 saturated heterocycles. The van der Waals surface area contributed by atoms with E-state index in [2.05, 4.69) is 15.3 Å². The predicted molar refractivity (Wildman–Crippen MR) is 96.9 cm³/mol. The van der Waals surface area contributed by atoms with Gasteiger partial charge in [-0.05, 0) is 57.2 Å². The third-order valence-corrected chi connectivity index (χ3v) is 4.46. The van der Waals surface area contributed by atoms with Crippen LogP contribution in [0.15, 0.2) is 22.8 Å². The predicted octanol–water partition coefficient (Wildman–Crippen LogP) is 3.18. The first-order valence-corrected chi connectivity index (χ1v) is 8.53. The summed E-state index contributed by atoms with van der Waals surface area (Å²) in [4.78, 5) is 19.5. The molecule has 7 nitrogen and oxygen atoms in total. The van der Waals surface area contributed by atoms with Gasteiger partial charge in [-0.1, -0.05) is 0 Å². The molecule has 0 bridgehead atoms. The van der Waals surface area contributed by atoms with Gasteiger partial charge in [0.1, 0.15) is 28.9 Å². The maximum absolute atomic E-state index is 12.3. The molecular formula is C19H21N5O2. The average Bonchev–Trinajstić information content (AvgIpc) is 3.20. The van der Waals surface area contributed by atoms with Crippen molar-refractivity contribution in [1.29, 1.82) is 10.7 Å². The fraction of sp³-hybridized carbons (Fsp3) is 0.368. The lowest BCUT2D eigenvalue weighted by Crippen LogP contribution is -2.34. The van der Waals surface area contributed by atoms with Crippen LogP contribution in [0.3, 0.4) is 0 Å². The second kappa shape index (κ2) is 7.00. The first-order valence-electron chi connectivity index (χ1n) is 8.53. The minimum Gasteiger partial charge on any atom is -0.458 e. The van der Waals surface area contributed by atoms with Crippen LogP contribution in [0, 0.1) is 29.6 Å². The van der Waals surface area contributed by atoms with Gasteiger partial charge in [0.15, 0.2) is 5.76 Å². The van der Waals surface area contributed by atoms with Crippen LogP contribution < -0.4 is 5.32 Å². The minimum absolute atomic E-state index is 0.0805. The number of aromatic nitrogens is 2. The summed E-state index contributed by atoms with van der Waals surface area (Å²) in [6, 6.07) is 3.78. The number of rotatable bonds is 6. The van der Waals surface area contributed by atoms with Crippen molar-refractivity contribution in [3.8, 4) is 6.07 Å². The number of carbonyl (C=O) groups is 1. The molecule has 0 spiro atoms. The molecule has 26 heavy (non-hydrogen) atoms. The summed E-state index contributed by atoms with van der Waals surface area (Å²) >= 11 is 0. The SMILES string of the molecule is C/C(=C/C(=N)c1oc(C)cc1C#N)c1ncc(C(=O)NC(C)C2CC2)[nH]1. The highest BCUT2D eigenvalue weighted by Gasteiger charge is 2.29. The lowest BCUT2D eigenvalue weighted by atomic mass is 10.1. The van der Waals surface area contributed by atoms with E-state index in [1.54, 1.807) is 26.0 Å². The van der Waals surface area contributed by atoms with E-state index in [-0.39, 0.29) is 23.4 Å². The second-order valence-electron chi connectivity index (χ2n) is 6.70. The van der Waals surface area contributed by atoms with Crippen LogP contribution in [-0.4, -0.2) is 27.6 Å². The molecule has 0 aromatic carbocycles. The number of furan rings is 1. The molecule has 2 aromatic heterocycles. The summed E-state index contributed by atoms with van der Waals surface area (Å²) in [5.74, 6) is 1.70. The highest BCUT2D eigenvalue weighted by Crippen LogP contribution is 2.32. The number of allylic oxidation sites excluding steroid dienone is 2. The lowest BCUT2D eigenvalue weighted by Gasteiger charge is -2.11. The molecule has 0 radical (unpaired) electrons. The van der Waals surface area contributed by atoms with Gasteiger partial charge in [0.2, 0.25) is 0 Å². The van der Waals surface area contributed by atoms with E-state index in [0.717, 1.165) is 12.8 Å². The van der Waals surface area contributed by atoms with Gasteiger partial charge in [0.25, 0.3) is 5.91 Å². The number of imidazole rings is 1. The molecule has 1 saturated carbocycles. The summed E-state index contributed by atoms with van der Waals surface area (Å²) in [7, 11) is 0. The fourth-order valence-electron chi connectivity index (χ4n) is 2.78. The molecule has 1 aliphatic carbocycles. The van der Waals surface area contributed by atoms with Crippen molar-refractivity contribution >= 4 is 17.2 Å². The van der Waals surface area contributed by atoms with Crippen molar-refractivity contribution in [2.24, 2.45) is 5.92 Å². The molecule has 134 valence electrons. The fourth-order valence-corrected chi connectivity index (χ4v) is 2.78. The Hall–Kier alpha value is -3.14. The van der Waals surface area contributed by atoms with Crippen molar-refractivity contribution < 1.29 is 9.21 Å². The topological polar surface area (TPSA) is 119 Å². The summed E-state index contributed by atoms with van der Waals surface area (Å²) in [6.07, 6.45) is 5.38. The Morgan fingerprint density at radius 1 is 1.58 bits per heavy atom. The van der Waals surface area contributed by atoms with E-state index in [0.29, 0.717) is 34.3 Å². The molecule has 2 heterocycles. The standard InChI is InChI=1S/C19H21N5O2/c1-10(6-15(21)17-14(8-20)7-11(2)26-17)18-22-9-16(24-18)19(25)23-12(3)13-4-5-13/h6-7,9,12-13,21H,4-5H2,1-3H3,(H,22,24)(H,23,25)/b10-6-,21-15?. The van der Waals surface area contributed by atoms with Gasteiger partial charge in [-0.3, -0.25) is 10.2 Å². The van der Waals surface area contributed by atoms with Crippen LogP contribution in [0.5, 0.6) is 0 Å². The maximum Gasteiger partial charge on any atom is 0.269 e. The minimum atomic E-state index is -0.181. The number of amides is 1. The average molecular weight is 351 g/mol. The lowest BCUT2D eigenvalue weighted by molar-refractivity contribution is 0.0931. The molecule has 0 aliphatic heterocycles. The first kappa shape index (κ1) is 17.7. The zero-order chi connectivity index (χ0) is 18.8. The molecule has 1 unspecified atom stereocenters. The van der Waals surface area contributed by atoms with Crippen molar-refractivity contribution in [2.75, 3.05) is 0 Å². The molecule has 1 aliphatic rings. The van der Waals surface area contributed by atoms with E-state index >= 15 is 0 Å². The Morgan fingerprint density at radius 3 is 2.96 bits per heavy atom. The van der Waals surface area contributed by atoms with Gasteiger partial charge in [0, 0.05) is 6.04 Å². The molecule has 1 atom stereocenters. The van der Waals surface area contributed by atoms with E-state index in [9.17, 15) is 4.79 Å². The third-order valence-electron chi connectivity index (χ3n) is 4.46. The Labute approximate surface area is 151 Å². The van der Waals surface area contributed by atoms with Crippen LogP contribution >= 0.6 is 0 Å². The third kappa shape index (κ3) is 3.75. The molecule has 3 rings (SSSR count). The monoisotopic (exact) mass is 351 g/mol. The Bertz CT molecular complexity index is 924. The van der Waals surface area contributed by atoms with E-state index < -0.39 is 0 Å². The summed E-state index contributed by atoms with van der Waals surface area (Å²) in [6.45, 7) is 5.52. The summed E-state index contributed by atoms with van der Waals surface area (Å²) in [5, 5.41) is 20.3. The number of hydrogen-bond donors (Lipinski definition) is 3. The molecule has 1 amide bonds. The number of nitriles is 1. The zero-order valence-corrected chi connectivity index (χ0v) is 15.0. The largest absolute Gasteiger partial charge is 0.458 e. The Morgan fingerprint density at radius 2 is 2.31 bits per heavy atom. The molecule has 1 fully saturated rings. The number of nitrogens with one attached hydrogen (secondary N) is 3. The Balaban J connectivity index is 1.73. The number of aryl methyl sites for hydroxylation is 1. The second-order valence-corrected chi connectivity index (χ2v) is 6.70. The number of H-pyrrole nitrogens is 1. The molecule has 2 aromatic rings. The number of hydrogen-bond acceptors (Lipinski definition) is 5. The zero-order valence-electron chi connectivity index (χ0n) is 15.0. The van der Waals surface area contributed by atoms with E-state index in [1.807, 2.05) is 13.0 Å². The van der Waals surface area contributed by atoms with Crippen molar-refractivity contribution in [3.05, 3.63) is 46.9 Å². The van der Waals surface area contributed by atoms with Gasteiger partial charge < -0.3 is 14.7 Å². The smallest absolute Gasteiger partial charge is 0.269 e. The van der Waals surface area contributed by atoms with Gasteiger partial charge in [-0.25, -0.2) is 4.98 Å². The highest BCUT2D eigenvalue weighted by molar-refractivity contribution is 6.09. The summed E-state index contributed by atoms with van der Waals surface area (Å²) in [5.41, 5.74) is 1.46. The van der Waals surface area contributed by atoms with Gasteiger partial charge in [0.05, 0.1) is 11.9 Å². The van der Waals surface area contributed by atoms with Gasteiger partial charge in [-0.2, -0.15) is 5.26 Å². The maximum atomic E-state index is 12.3. The van der Waals surface area contributed by atoms with Crippen LogP contribution in [0.2, 0.25) is 0 Å². The molecule has 7 heteroatoms. The number of nitrogens with zero attached hydrogens (tertiary/aromatic N) is 2. The van der Waals surface area contributed by atoms with E-state index in [1.165, 1.54) is 6.20 Å². The summed E-state index contributed by atoms with van der Waals surface area (Å²) < 4.78 is 5.43. The van der Waals surface area contributed by atoms with Crippen LogP contribution in [-0.2, 0) is 0 Å². The Kier molecular flexibility index (Phi) is 4.76. The molecule has 3 N–H and O–H groups in total. The quantitative estimate of drug-likeness (QED) is 0.692.